The zero-order chi connectivity index (χ0) is 19.1. The van der Waals surface area contributed by atoms with Crippen molar-refractivity contribution in [2.24, 2.45) is 16.7 Å². The number of carbonyl (C=O) groups excluding carboxylic acids is 1. The highest BCUT2D eigenvalue weighted by molar-refractivity contribution is 5.98. The van der Waals surface area contributed by atoms with Gasteiger partial charge in [-0.25, -0.2) is 9.78 Å². The minimum atomic E-state index is -0.487. The number of nitrogens with zero attached hydrogens (tertiary/aromatic N) is 3. The van der Waals surface area contributed by atoms with Crippen molar-refractivity contribution in [1.82, 2.24) is 9.88 Å². The Morgan fingerprint density at radius 2 is 2.15 bits per heavy atom. The molecule has 2 aliphatic rings. The van der Waals surface area contributed by atoms with E-state index in [1.807, 2.05) is 33.8 Å². The monoisotopic (exact) mass is 360 g/mol. The number of hydrazone groups is 1. The van der Waals surface area contributed by atoms with Crippen molar-refractivity contribution in [1.29, 1.82) is 0 Å². The molecule has 0 radical (unpaired) electrons. The molecule has 0 unspecified atom stereocenters. The molecule has 0 bridgehead atoms. The predicted octanol–water partition coefficient (Wildman–Crippen LogP) is 1.71. The van der Waals surface area contributed by atoms with Gasteiger partial charge in [0.05, 0.1) is 11.2 Å². The van der Waals surface area contributed by atoms with Gasteiger partial charge in [-0.15, -0.1) is 0 Å². The zero-order valence-corrected chi connectivity index (χ0v) is 15.9. The summed E-state index contributed by atoms with van der Waals surface area (Å²) in [5.74, 6) is 6.44. The van der Waals surface area contributed by atoms with E-state index in [2.05, 4.69) is 15.4 Å². The molecule has 1 spiro atoms. The number of hydrogen-bond donors (Lipinski definition) is 3. The van der Waals surface area contributed by atoms with Crippen LogP contribution in [0.15, 0.2) is 11.2 Å². The van der Waals surface area contributed by atoms with Crippen LogP contribution in [0.3, 0.4) is 0 Å². The molecule has 5 N–H and O–H groups in total. The van der Waals surface area contributed by atoms with Crippen molar-refractivity contribution in [3.8, 4) is 0 Å². The molecule has 3 heterocycles. The van der Waals surface area contributed by atoms with E-state index >= 15 is 0 Å². The lowest BCUT2D eigenvalue weighted by atomic mass is 9.86. The summed E-state index contributed by atoms with van der Waals surface area (Å²) in [6.45, 7) is 8.83. The zero-order valence-electron chi connectivity index (χ0n) is 15.9. The number of likely N-dealkylation sites (tertiary alicyclic amines) is 1. The van der Waals surface area contributed by atoms with Gasteiger partial charge in [-0.05, 0) is 58.6 Å². The van der Waals surface area contributed by atoms with Gasteiger partial charge >= 0.3 is 6.09 Å². The van der Waals surface area contributed by atoms with E-state index in [1.165, 1.54) is 0 Å². The average molecular weight is 360 g/mol. The quantitative estimate of drug-likeness (QED) is 0.304. The SMILES string of the molecule is Cc1nc2c(cc1/C(N)=N/N)CC[C@@]1(CCN(C(=O)OC(C)(C)C)C1)N2. The van der Waals surface area contributed by atoms with Crippen molar-refractivity contribution < 1.29 is 9.53 Å². The number of nitrogens with one attached hydrogen (secondary N) is 1. The van der Waals surface area contributed by atoms with Crippen molar-refractivity contribution >= 4 is 17.7 Å². The minimum absolute atomic E-state index is 0.154. The molecular weight excluding hydrogens is 332 g/mol. The molecule has 8 nitrogen and oxygen atoms in total. The van der Waals surface area contributed by atoms with Gasteiger partial charge in [0.2, 0.25) is 0 Å². The Morgan fingerprint density at radius 1 is 1.42 bits per heavy atom. The fourth-order valence-electron chi connectivity index (χ4n) is 3.62. The summed E-state index contributed by atoms with van der Waals surface area (Å²) in [5.41, 5.74) is 7.86. The van der Waals surface area contributed by atoms with E-state index in [9.17, 15) is 4.79 Å². The molecule has 1 atom stereocenters. The second-order valence-corrected chi connectivity index (χ2v) is 8.20. The Hall–Kier alpha value is -2.51. The number of nitrogens with two attached hydrogens (primary N) is 2. The van der Waals surface area contributed by atoms with Crippen molar-refractivity contribution in [3.63, 3.8) is 0 Å². The Labute approximate surface area is 154 Å². The Morgan fingerprint density at radius 3 is 2.81 bits per heavy atom. The first kappa shape index (κ1) is 18.3. The molecule has 1 amide bonds. The third kappa shape index (κ3) is 3.54. The third-order valence-electron chi connectivity index (χ3n) is 4.97. The van der Waals surface area contributed by atoms with Crippen LogP contribution < -0.4 is 16.9 Å². The van der Waals surface area contributed by atoms with Gasteiger partial charge in [-0.3, -0.25) is 0 Å². The molecule has 0 aliphatic carbocycles. The first-order chi connectivity index (χ1) is 12.1. The summed E-state index contributed by atoms with van der Waals surface area (Å²) >= 11 is 0. The Balaban J connectivity index is 1.77. The molecule has 1 aromatic heterocycles. The summed E-state index contributed by atoms with van der Waals surface area (Å²) in [6, 6.07) is 2.00. The molecular formula is C18H28N6O2. The van der Waals surface area contributed by atoms with Crippen molar-refractivity contribution in [3.05, 3.63) is 22.9 Å². The number of anilines is 1. The van der Waals surface area contributed by atoms with Crippen LogP contribution in [0.25, 0.3) is 0 Å². The normalized spacial score (nSPS) is 22.9. The lowest BCUT2D eigenvalue weighted by Crippen LogP contribution is -2.46. The number of fused-ring (bicyclic) bond motifs is 1. The molecule has 26 heavy (non-hydrogen) atoms. The highest BCUT2D eigenvalue weighted by Gasteiger charge is 2.43. The summed E-state index contributed by atoms with van der Waals surface area (Å²) in [5, 5.41) is 7.15. The van der Waals surface area contributed by atoms with Crippen LogP contribution in [0.4, 0.5) is 10.6 Å². The maximum Gasteiger partial charge on any atom is 0.410 e. The van der Waals surface area contributed by atoms with Gasteiger partial charge in [0.15, 0.2) is 5.84 Å². The number of ether oxygens (including phenoxy) is 1. The maximum atomic E-state index is 12.4. The summed E-state index contributed by atoms with van der Waals surface area (Å²) in [7, 11) is 0. The topological polar surface area (TPSA) is 119 Å². The van der Waals surface area contributed by atoms with Crippen LogP contribution in [0.1, 0.15) is 50.4 Å². The molecule has 142 valence electrons. The van der Waals surface area contributed by atoms with Crippen LogP contribution in [0, 0.1) is 6.92 Å². The largest absolute Gasteiger partial charge is 0.444 e. The van der Waals surface area contributed by atoms with Crippen molar-refractivity contribution in [2.45, 2.75) is 58.1 Å². The summed E-state index contributed by atoms with van der Waals surface area (Å²) in [4.78, 5) is 18.8. The molecule has 0 saturated carbocycles. The number of amidine groups is 1. The van der Waals surface area contributed by atoms with E-state index in [4.69, 9.17) is 16.3 Å². The van der Waals surface area contributed by atoms with E-state index < -0.39 is 5.60 Å². The molecule has 3 rings (SSSR count). The number of aryl methyl sites for hydroxylation is 2. The van der Waals surface area contributed by atoms with Crippen molar-refractivity contribution in [2.75, 3.05) is 18.4 Å². The van der Waals surface area contributed by atoms with Gasteiger partial charge in [-0.1, -0.05) is 0 Å². The van der Waals surface area contributed by atoms with E-state index in [0.717, 1.165) is 41.9 Å². The Bertz CT molecular complexity index is 755. The fourth-order valence-corrected chi connectivity index (χ4v) is 3.62. The first-order valence-electron chi connectivity index (χ1n) is 8.93. The van der Waals surface area contributed by atoms with E-state index in [0.29, 0.717) is 13.1 Å². The van der Waals surface area contributed by atoms with Crippen LogP contribution in [-0.4, -0.2) is 46.0 Å². The van der Waals surface area contributed by atoms with Gasteiger partial charge in [0.25, 0.3) is 0 Å². The number of hydrogen-bond acceptors (Lipinski definition) is 6. The standard InChI is InChI=1S/C18H28N6O2/c1-11-13(14(19)23-20)9-12-5-6-18(22-15(12)21-11)7-8-24(10-18)16(25)26-17(2,3)4/h9H,5-8,10,20H2,1-4H3,(H2,19,23)(H,21,22)/t18-/m0/s1. The smallest absolute Gasteiger partial charge is 0.410 e. The van der Waals surface area contributed by atoms with Crippen LogP contribution >= 0.6 is 0 Å². The second-order valence-electron chi connectivity index (χ2n) is 8.20. The van der Waals surface area contributed by atoms with Crippen LogP contribution in [0.5, 0.6) is 0 Å². The molecule has 2 aliphatic heterocycles. The number of aromatic nitrogens is 1. The number of amides is 1. The minimum Gasteiger partial charge on any atom is -0.444 e. The number of carbonyl (C=O) groups is 1. The molecule has 1 aromatic rings. The highest BCUT2D eigenvalue weighted by Crippen LogP contribution is 2.37. The molecule has 8 heteroatoms. The van der Waals surface area contributed by atoms with Gasteiger partial charge in [-0.2, -0.15) is 5.10 Å². The van der Waals surface area contributed by atoms with Gasteiger partial charge < -0.3 is 26.5 Å². The average Bonchev–Trinajstić information content (AvgIpc) is 2.96. The maximum absolute atomic E-state index is 12.4. The summed E-state index contributed by atoms with van der Waals surface area (Å²) < 4.78 is 5.50. The lowest BCUT2D eigenvalue weighted by Gasteiger charge is -2.36. The Kier molecular flexibility index (Phi) is 4.46. The highest BCUT2D eigenvalue weighted by atomic mass is 16.6. The fraction of sp³-hybridized carbons (Fsp3) is 0.611. The van der Waals surface area contributed by atoms with Crippen LogP contribution in [0.2, 0.25) is 0 Å². The third-order valence-corrected chi connectivity index (χ3v) is 4.97. The van der Waals surface area contributed by atoms with Gasteiger partial charge in [0, 0.05) is 18.7 Å². The van der Waals surface area contributed by atoms with Gasteiger partial charge in [0.1, 0.15) is 11.4 Å². The molecule has 1 fully saturated rings. The predicted molar refractivity (Wildman–Crippen MR) is 101 cm³/mol. The molecule has 1 saturated heterocycles. The lowest BCUT2D eigenvalue weighted by molar-refractivity contribution is 0.0285. The van der Waals surface area contributed by atoms with E-state index in [-0.39, 0.29) is 17.5 Å². The van der Waals surface area contributed by atoms with Crippen LogP contribution in [-0.2, 0) is 11.2 Å². The number of rotatable bonds is 1. The number of pyridine rings is 1. The summed E-state index contributed by atoms with van der Waals surface area (Å²) in [6.07, 6.45) is 2.40. The second kappa shape index (κ2) is 6.34. The molecule has 0 aromatic carbocycles. The van der Waals surface area contributed by atoms with E-state index in [1.54, 1.807) is 4.90 Å². The first-order valence-corrected chi connectivity index (χ1v) is 8.93.